The van der Waals surface area contributed by atoms with Crippen molar-refractivity contribution in [3.05, 3.63) is 52.0 Å². The maximum Gasteiger partial charge on any atom is 0.106 e. The van der Waals surface area contributed by atoms with Crippen molar-refractivity contribution in [1.82, 2.24) is 15.6 Å². The zero-order valence-corrected chi connectivity index (χ0v) is 11.0. The number of nitrogens with one attached hydrogen (secondary N) is 2. The molecule has 0 fully saturated rings. The lowest BCUT2D eigenvalue weighted by Crippen LogP contribution is -2.36. The van der Waals surface area contributed by atoms with Gasteiger partial charge in [0.25, 0.3) is 0 Å². The molecule has 2 heterocycles. The third-order valence-corrected chi connectivity index (χ3v) is 4.10. The van der Waals surface area contributed by atoms with E-state index in [-0.39, 0.29) is 0 Å². The number of aromatic nitrogens is 1. The average Bonchev–Trinajstić information content (AvgIpc) is 2.92. The maximum absolute atomic E-state index is 4.28. The summed E-state index contributed by atoms with van der Waals surface area (Å²) >= 11 is 1.70. The van der Waals surface area contributed by atoms with E-state index < -0.39 is 0 Å². The Kier molecular flexibility index (Phi) is 3.69. The second-order valence-electron chi connectivity index (χ2n) is 4.51. The molecule has 1 aliphatic rings. The molecule has 1 aromatic heterocycles. The average molecular weight is 259 g/mol. The monoisotopic (exact) mass is 259 g/mol. The molecule has 0 saturated carbocycles. The highest BCUT2D eigenvalue weighted by Crippen LogP contribution is 2.21. The summed E-state index contributed by atoms with van der Waals surface area (Å²) in [7, 11) is 0. The van der Waals surface area contributed by atoms with Crippen molar-refractivity contribution in [2.24, 2.45) is 0 Å². The van der Waals surface area contributed by atoms with E-state index >= 15 is 0 Å². The molecule has 3 rings (SSSR count). The van der Waals surface area contributed by atoms with Crippen LogP contribution in [-0.4, -0.2) is 18.1 Å². The lowest BCUT2D eigenvalue weighted by molar-refractivity contribution is 0.468. The van der Waals surface area contributed by atoms with Crippen molar-refractivity contribution in [2.45, 2.75) is 19.0 Å². The SMILES string of the molecule is c1ccc2c(c1)CCNC2CNCc1nccs1. The molecule has 1 aromatic carbocycles. The van der Waals surface area contributed by atoms with Gasteiger partial charge in [0.1, 0.15) is 5.01 Å². The summed E-state index contributed by atoms with van der Waals surface area (Å²) in [6.07, 6.45) is 3.00. The van der Waals surface area contributed by atoms with Gasteiger partial charge in [-0.05, 0) is 24.1 Å². The quantitative estimate of drug-likeness (QED) is 0.883. The number of thiazole rings is 1. The van der Waals surface area contributed by atoms with Crippen LogP contribution in [0.1, 0.15) is 22.2 Å². The molecular formula is C14H17N3S. The molecule has 0 aliphatic carbocycles. The predicted octanol–water partition coefficient (Wildman–Crippen LogP) is 2.12. The van der Waals surface area contributed by atoms with Gasteiger partial charge in [0, 0.05) is 30.7 Å². The van der Waals surface area contributed by atoms with Gasteiger partial charge in [-0.25, -0.2) is 4.98 Å². The molecule has 2 aromatic rings. The molecule has 0 radical (unpaired) electrons. The lowest BCUT2D eigenvalue weighted by Gasteiger charge is -2.27. The Morgan fingerprint density at radius 2 is 2.33 bits per heavy atom. The minimum atomic E-state index is 0.426. The zero-order valence-electron chi connectivity index (χ0n) is 10.2. The van der Waals surface area contributed by atoms with Crippen LogP contribution in [0.15, 0.2) is 35.8 Å². The van der Waals surface area contributed by atoms with Gasteiger partial charge in [-0.15, -0.1) is 11.3 Å². The van der Waals surface area contributed by atoms with Gasteiger partial charge in [-0.3, -0.25) is 0 Å². The summed E-state index contributed by atoms with van der Waals surface area (Å²) in [6, 6.07) is 9.15. The second kappa shape index (κ2) is 5.61. The Morgan fingerprint density at radius 1 is 1.39 bits per heavy atom. The van der Waals surface area contributed by atoms with Crippen LogP contribution < -0.4 is 10.6 Å². The Bertz CT molecular complexity index is 496. The summed E-state index contributed by atoms with van der Waals surface area (Å²) in [4.78, 5) is 4.28. The largest absolute Gasteiger partial charge is 0.309 e. The first-order valence-corrected chi connectivity index (χ1v) is 7.22. The highest BCUT2D eigenvalue weighted by atomic mass is 32.1. The van der Waals surface area contributed by atoms with E-state index in [4.69, 9.17) is 0 Å². The van der Waals surface area contributed by atoms with E-state index in [0.717, 1.165) is 31.1 Å². The van der Waals surface area contributed by atoms with Crippen LogP contribution in [-0.2, 0) is 13.0 Å². The molecule has 0 amide bonds. The van der Waals surface area contributed by atoms with E-state index in [1.54, 1.807) is 11.3 Å². The Morgan fingerprint density at radius 3 is 3.22 bits per heavy atom. The number of rotatable bonds is 4. The molecule has 2 N–H and O–H groups in total. The zero-order chi connectivity index (χ0) is 12.2. The predicted molar refractivity (Wildman–Crippen MR) is 74.7 cm³/mol. The molecule has 1 unspecified atom stereocenters. The van der Waals surface area contributed by atoms with Crippen LogP contribution in [0.3, 0.4) is 0 Å². The Labute approximate surface area is 111 Å². The summed E-state index contributed by atoms with van der Waals surface area (Å²) in [5.74, 6) is 0. The summed E-state index contributed by atoms with van der Waals surface area (Å²) in [5.41, 5.74) is 2.92. The first-order valence-electron chi connectivity index (χ1n) is 6.34. The minimum Gasteiger partial charge on any atom is -0.309 e. The van der Waals surface area contributed by atoms with Crippen LogP contribution in [0.4, 0.5) is 0 Å². The third-order valence-electron chi connectivity index (χ3n) is 3.32. The van der Waals surface area contributed by atoms with E-state index in [2.05, 4.69) is 39.9 Å². The fourth-order valence-electron chi connectivity index (χ4n) is 2.44. The van der Waals surface area contributed by atoms with Gasteiger partial charge >= 0.3 is 0 Å². The molecule has 94 valence electrons. The van der Waals surface area contributed by atoms with Crippen molar-refractivity contribution < 1.29 is 0 Å². The second-order valence-corrected chi connectivity index (χ2v) is 5.49. The van der Waals surface area contributed by atoms with Crippen LogP contribution in [0.2, 0.25) is 0 Å². The number of hydrogen-bond donors (Lipinski definition) is 2. The van der Waals surface area contributed by atoms with Gasteiger partial charge in [0.2, 0.25) is 0 Å². The molecule has 1 aliphatic heterocycles. The highest BCUT2D eigenvalue weighted by molar-refractivity contribution is 7.09. The fraction of sp³-hybridized carbons (Fsp3) is 0.357. The number of fused-ring (bicyclic) bond motifs is 1. The van der Waals surface area contributed by atoms with Crippen molar-refractivity contribution in [1.29, 1.82) is 0 Å². The van der Waals surface area contributed by atoms with Crippen molar-refractivity contribution in [3.8, 4) is 0 Å². The third kappa shape index (κ3) is 2.61. The maximum atomic E-state index is 4.28. The molecular weight excluding hydrogens is 242 g/mol. The van der Waals surface area contributed by atoms with Crippen LogP contribution >= 0.6 is 11.3 Å². The first-order chi connectivity index (χ1) is 8.93. The molecule has 3 nitrogen and oxygen atoms in total. The van der Waals surface area contributed by atoms with Crippen LogP contribution in [0.5, 0.6) is 0 Å². The summed E-state index contributed by atoms with van der Waals surface area (Å²) in [6.45, 7) is 2.88. The normalized spacial score (nSPS) is 18.6. The topological polar surface area (TPSA) is 37.0 Å². The van der Waals surface area contributed by atoms with Crippen molar-refractivity contribution >= 4 is 11.3 Å². The van der Waals surface area contributed by atoms with Crippen LogP contribution in [0, 0.1) is 0 Å². The number of hydrogen-bond acceptors (Lipinski definition) is 4. The van der Waals surface area contributed by atoms with Crippen LogP contribution in [0.25, 0.3) is 0 Å². The molecule has 1 atom stereocenters. The van der Waals surface area contributed by atoms with Gasteiger partial charge in [-0.2, -0.15) is 0 Å². The highest BCUT2D eigenvalue weighted by Gasteiger charge is 2.18. The van der Waals surface area contributed by atoms with Gasteiger partial charge in [0.05, 0.1) is 0 Å². The van der Waals surface area contributed by atoms with E-state index in [1.807, 2.05) is 11.6 Å². The smallest absolute Gasteiger partial charge is 0.106 e. The van der Waals surface area contributed by atoms with Gasteiger partial charge in [0.15, 0.2) is 0 Å². The van der Waals surface area contributed by atoms with E-state index in [1.165, 1.54) is 11.1 Å². The van der Waals surface area contributed by atoms with Gasteiger partial charge in [-0.1, -0.05) is 24.3 Å². The molecule has 0 saturated heterocycles. The van der Waals surface area contributed by atoms with E-state index in [0.29, 0.717) is 6.04 Å². The standard InChI is InChI=1S/C14H17N3S/c1-2-4-12-11(3-1)5-6-16-13(12)9-15-10-14-17-7-8-18-14/h1-4,7-8,13,15-16H,5-6,9-10H2. The summed E-state index contributed by atoms with van der Waals surface area (Å²) in [5, 5.41) is 10.2. The molecule has 4 heteroatoms. The lowest BCUT2D eigenvalue weighted by atomic mass is 9.94. The van der Waals surface area contributed by atoms with E-state index in [9.17, 15) is 0 Å². The number of nitrogens with zero attached hydrogens (tertiary/aromatic N) is 1. The first kappa shape index (κ1) is 11.8. The Hall–Kier alpha value is -1.23. The molecule has 0 bridgehead atoms. The molecule has 18 heavy (non-hydrogen) atoms. The summed E-state index contributed by atoms with van der Waals surface area (Å²) < 4.78 is 0. The van der Waals surface area contributed by atoms with Crippen molar-refractivity contribution in [3.63, 3.8) is 0 Å². The van der Waals surface area contributed by atoms with Crippen molar-refractivity contribution in [2.75, 3.05) is 13.1 Å². The Balaban J connectivity index is 1.60. The van der Waals surface area contributed by atoms with Gasteiger partial charge < -0.3 is 10.6 Å². The minimum absolute atomic E-state index is 0.426. The fourth-order valence-corrected chi connectivity index (χ4v) is 3.02. The molecule has 0 spiro atoms. The number of benzene rings is 1.